The number of halogens is 3. The highest BCUT2D eigenvalue weighted by Gasteiger charge is 2.19. The van der Waals surface area contributed by atoms with E-state index in [1.54, 1.807) is 25.5 Å². The van der Waals surface area contributed by atoms with Gasteiger partial charge in [-0.3, -0.25) is 0 Å². The molecule has 0 aliphatic rings. The first-order valence-electron chi connectivity index (χ1n) is 8.39. The van der Waals surface area contributed by atoms with E-state index in [2.05, 4.69) is 31.2 Å². The molecule has 0 aliphatic carbocycles. The molecule has 10 heteroatoms. The molecule has 0 saturated carbocycles. The molecule has 0 saturated heterocycles. The molecule has 0 aliphatic heterocycles. The van der Waals surface area contributed by atoms with Gasteiger partial charge in [0.25, 0.3) is 6.43 Å². The van der Waals surface area contributed by atoms with Crippen molar-refractivity contribution in [1.29, 1.82) is 0 Å². The Kier molecular flexibility index (Phi) is 7.21. The molecule has 0 fully saturated rings. The second-order valence-corrected chi connectivity index (χ2v) is 7.32. The Hall–Kier alpha value is -2.46. The lowest BCUT2D eigenvalue weighted by atomic mass is 10.1. The molecule has 2 aromatic carbocycles. The molecule has 0 amide bonds. The van der Waals surface area contributed by atoms with E-state index in [9.17, 15) is 8.78 Å². The first kappa shape index (κ1) is 21.3. The predicted octanol–water partition coefficient (Wildman–Crippen LogP) is 5.17. The summed E-state index contributed by atoms with van der Waals surface area (Å²) in [4.78, 5) is 0. The van der Waals surface area contributed by atoms with Crippen LogP contribution in [0.3, 0.4) is 0 Å². The third-order valence-corrected chi connectivity index (χ3v) is 5.14. The molecular formula is C19H17BrF2N4O2S. The van der Waals surface area contributed by atoms with Crippen LogP contribution in [0.2, 0.25) is 0 Å². The molecule has 0 N–H and O–H groups in total. The Bertz CT molecular complexity index is 1010. The van der Waals surface area contributed by atoms with E-state index in [0.717, 1.165) is 14.7 Å². The molecule has 0 bridgehead atoms. The van der Waals surface area contributed by atoms with Crippen molar-refractivity contribution in [2.24, 2.45) is 5.10 Å². The van der Waals surface area contributed by atoms with Crippen LogP contribution < -0.4 is 9.47 Å². The van der Waals surface area contributed by atoms with Gasteiger partial charge in [-0.15, -0.1) is 10.2 Å². The molecule has 1 heterocycles. The first-order chi connectivity index (χ1) is 14.0. The van der Waals surface area contributed by atoms with Gasteiger partial charge in [0.2, 0.25) is 11.0 Å². The largest absolute Gasteiger partial charge is 0.496 e. The predicted molar refractivity (Wildman–Crippen MR) is 111 cm³/mol. The number of para-hydroxylation sites is 1. The maximum atomic E-state index is 13.1. The molecule has 0 radical (unpaired) electrons. The number of aromatic nitrogens is 3. The maximum Gasteiger partial charge on any atom is 0.299 e. The Morgan fingerprint density at radius 2 is 2.00 bits per heavy atom. The van der Waals surface area contributed by atoms with Gasteiger partial charge in [-0.2, -0.15) is 9.78 Å². The Morgan fingerprint density at radius 3 is 2.69 bits per heavy atom. The number of hydrogen-bond donors (Lipinski definition) is 0. The number of alkyl halides is 2. The lowest BCUT2D eigenvalue weighted by Crippen LogP contribution is -2.02. The van der Waals surface area contributed by atoms with Crippen molar-refractivity contribution in [2.45, 2.75) is 18.2 Å². The summed E-state index contributed by atoms with van der Waals surface area (Å²) >= 11 is 4.63. The third-order valence-electron chi connectivity index (χ3n) is 3.86. The fraction of sp³-hybridized carbons (Fsp3) is 0.211. The van der Waals surface area contributed by atoms with Gasteiger partial charge in [0.1, 0.15) is 18.1 Å². The van der Waals surface area contributed by atoms with Crippen LogP contribution in [-0.2, 0) is 6.61 Å². The van der Waals surface area contributed by atoms with Crippen LogP contribution in [0.1, 0.15) is 23.4 Å². The van der Waals surface area contributed by atoms with Gasteiger partial charge in [-0.25, -0.2) is 8.78 Å². The van der Waals surface area contributed by atoms with Gasteiger partial charge in [0.05, 0.1) is 17.8 Å². The van der Waals surface area contributed by atoms with Crippen LogP contribution >= 0.6 is 27.7 Å². The van der Waals surface area contributed by atoms with Crippen molar-refractivity contribution in [3.05, 3.63) is 63.9 Å². The summed E-state index contributed by atoms with van der Waals surface area (Å²) < 4.78 is 39.4. The zero-order valence-corrected chi connectivity index (χ0v) is 18.0. The van der Waals surface area contributed by atoms with Crippen LogP contribution in [0.15, 0.2) is 57.2 Å². The van der Waals surface area contributed by atoms with Crippen molar-refractivity contribution >= 4 is 33.9 Å². The zero-order chi connectivity index (χ0) is 20.8. The quantitative estimate of drug-likeness (QED) is 0.327. The molecule has 0 atom stereocenters. The normalized spacial score (nSPS) is 11.4. The van der Waals surface area contributed by atoms with E-state index >= 15 is 0 Å². The van der Waals surface area contributed by atoms with Crippen LogP contribution in [0, 0.1) is 0 Å². The van der Waals surface area contributed by atoms with Crippen molar-refractivity contribution in [3.63, 3.8) is 0 Å². The first-order valence-corrected chi connectivity index (χ1v) is 10.4. The van der Waals surface area contributed by atoms with Gasteiger partial charge in [0.15, 0.2) is 0 Å². The smallest absolute Gasteiger partial charge is 0.299 e. The van der Waals surface area contributed by atoms with Crippen molar-refractivity contribution in [1.82, 2.24) is 14.9 Å². The molecule has 6 nitrogen and oxygen atoms in total. The Balaban J connectivity index is 1.84. The summed E-state index contributed by atoms with van der Waals surface area (Å²) in [6.45, 7) is 0.262. The molecular weight excluding hydrogens is 466 g/mol. The number of nitrogens with zero attached hydrogens (tertiary/aromatic N) is 4. The van der Waals surface area contributed by atoms with E-state index in [1.807, 2.05) is 30.3 Å². The van der Waals surface area contributed by atoms with Crippen LogP contribution in [0.5, 0.6) is 11.5 Å². The average Bonchev–Trinajstić information content (AvgIpc) is 3.15. The van der Waals surface area contributed by atoms with Crippen LogP contribution in [-0.4, -0.2) is 34.5 Å². The number of rotatable bonds is 8. The summed E-state index contributed by atoms with van der Waals surface area (Å²) in [6, 6.07) is 12.9. The Labute approximate surface area is 179 Å². The van der Waals surface area contributed by atoms with Gasteiger partial charge < -0.3 is 9.47 Å². The SMILES string of the molecule is COc1ccc(C=Nn2c(SC)nnc2C(F)F)cc1COc1ccccc1Br. The highest BCUT2D eigenvalue weighted by atomic mass is 79.9. The van der Waals surface area contributed by atoms with E-state index in [4.69, 9.17) is 9.47 Å². The second-order valence-electron chi connectivity index (χ2n) is 5.69. The van der Waals surface area contributed by atoms with Crippen molar-refractivity contribution < 1.29 is 18.3 Å². The lowest BCUT2D eigenvalue weighted by Gasteiger charge is -2.12. The summed E-state index contributed by atoms with van der Waals surface area (Å²) in [5.41, 5.74) is 1.48. The van der Waals surface area contributed by atoms with E-state index in [-0.39, 0.29) is 11.8 Å². The standard InChI is InChI=1S/C19H17BrF2N4O2S/c1-27-15-8-7-12(9-13(15)11-28-16-6-4-3-5-14(16)20)10-23-26-18(17(21)22)24-25-19(26)29-2/h3-10,17H,11H2,1-2H3. The summed E-state index contributed by atoms with van der Waals surface area (Å²) in [7, 11) is 1.57. The van der Waals surface area contributed by atoms with Gasteiger partial charge in [-0.05, 0) is 58.1 Å². The van der Waals surface area contributed by atoms with Crippen molar-refractivity contribution in [3.8, 4) is 11.5 Å². The minimum absolute atomic E-state index is 0.262. The maximum absolute atomic E-state index is 13.1. The second kappa shape index (κ2) is 9.84. The fourth-order valence-electron chi connectivity index (χ4n) is 2.48. The average molecular weight is 483 g/mol. The van der Waals surface area contributed by atoms with Crippen LogP contribution in [0.25, 0.3) is 0 Å². The van der Waals surface area contributed by atoms with E-state index in [1.165, 1.54) is 18.0 Å². The molecule has 3 aromatic rings. The highest BCUT2D eigenvalue weighted by molar-refractivity contribution is 9.10. The zero-order valence-electron chi connectivity index (χ0n) is 15.6. The molecule has 152 valence electrons. The van der Waals surface area contributed by atoms with Crippen molar-refractivity contribution in [2.75, 3.05) is 13.4 Å². The van der Waals surface area contributed by atoms with Gasteiger partial charge in [0, 0.05) is 5.56 Å². The fourth-order valence-corrected chi connectivity index (χ4v) is 3.32. The molecule has 3 rings (SSSR count). The lowest BCUT2D eigenvalue weighted by molar-refractivity contribution is 0.135. The van der Waals surface area contributed by atoms with Gasteiger partial charge in [-0.1, -0.05) is 23.9 Å². The number of thioether (sulfide) groups is 1. The Morgan fingerprint density at radius 1 is 1.21 bits per heavy atom. The number of methoxy groups -OCH3 is 1. The third kappa shape index (κ3) is 5.13. The minimum atomic E-state index is -2.77. The van der Waals surface area contributed by atoms with Gasteiger partial charge >= 0.3 is 0 Å². The minimum Gasteiger partial charge on any atom is -0.496 e. The number of hydrogen-bond acceptors (Lipinski definition) is 6. The molecule has 29 heavy (non-hydrogen) atoms. The summed E-state index contributed by atoms with van der Waals surface area (Å²) in [5, 5.41) is 11.6. The topological polar surface area (TPSA) is 61.5 Å². The summed E-state index contributed by atoms with van der Waals surface area (Å²) in [6.07, 6.45) is 0.413. The molecule has 1 aromatic heterocycles. The highest BCUT2D eigenvalue weighted by Crippen LogP contribution is 2.27. The summed E-state index contributed by atoms with van der Waals surface area (Å²) in [5.74, 6) is 0.845. The van der Waals surface area contributed by atoms with E-state index < -0.39 is 12.2 Å². The molecule has 0 unspecified atom stereocenters. The molecule has 0 spiro atoms. The number of ether oxygens (including phenoxy) is 2. The van der Waals surface area contributed by atoms with E-state index in [0.29, 0.717) is 17.1 Å². The van der Waals surface area contributed by atoms with Crippen LogP contribution in [0.4, 0.5) is 8.78 Å². The number of benzene rings is 2. The monoisotopic (exact) mass is 482 g/mol.